The van der Waals surface area contributed by atoms with Gasteiger partial charge in [-0.25, -0.2) is 4.79 Å². The maximum atomic E-state index is 13.0. The lowest BCUT2D eigenvalue weighted by atomic mass is 9.49. The number of ether oxygens (including phenoxy) is 3. The number of aliphatic hydroxyl groups excluding tert-OH is 1. The molecule has 27 heavy (non-hydrogen) atoms. The molecule has 2 saturated heterocycles. The molecule has 4 fully saturated rings. The molecule has 2 saturated carbocycles. The van der Waals surface area contributed by atoms with E-state index in [4.69, 9.17) is 18.6 Å². The summed E-state index contributed by atoms with van der Waals surface area (Å²) in [5.74, 6) is -1.37. The summed E-state index contributed by atoms with van der Waals surface area (Å²) in [5.41, 5.74) is -0.663. The molecule has 1 unspecified atom stereocenters. The van der Waals surface area contributed by atoms with Gasteiger partial charge in [-0.05, 0) is 31.2 Å². The lowest BCUT2D eigenvalue weighted by Gasteiger charge is -2.53. The van der Waals surface area contributed by atoms with Crippen molar-refractivity contribution in [3.63, 3.8) is 0 Å². The standard InChI is InChI=1S/C20H24O7/c1-19-7-14(10-3-4-25-9-10)27-20(19)8-15(26-18(20)23)16-12(17(22)24-2)5-11(21)6-13(16)19/h3-4,9,11-16,21H,5-8H2,1-2H3/t11-,12+,13+,14+,15-,16+,19-,20?/m0/s1. The van der Waals surface area contributed by atoms with Crippen LogP contribution in [-0.2, 0) is 23.8 Å². The zero-order valence-electron chi connectivity index (χ0n) is 15.4. The van der Waals surface area contributed by atoms with E-state index in [9.17, 15) is 14.7 Å². The molecule has 146 valence electrons. The highest BCUT2D eigenvalue weighted by molar-refractivity contribution is 5.85. The fourth-order valence-corrected chi connectivity index (χ4v) is 6.37. The second kappa shape index (κ2) is 5.58. The summed E-state index contributed by atoms with van der Waals surface area (Å²) in [6, 6.07) is 1.85. The summed E-state index contributed by atoms with van der Waals surface area (Å²) in [7, 11) is 1.36. The Hall–Kier alpha value is -1.86. The van der Waals surface area contributed by atoms with Gasteiger partial charge in [0.2, 0.25) is 0 Å². The van der Waals surface area contributed by atoms with Gasteiger partial charge in [0.15, 0.2) is 5.60 Å². The number of carbonyl (C=O) groups is 2. The Morgan fingerprint density at radius 3 is 2.85 bits per heavy atom. The molecule has 0 radical (unpaired) electrons. The third kappa shape index (κ3) is 2.10. The second-order valence-corrected chi connectivity index (χ2v) is 8.70. The quantitative estimate of drug-likeness (QED) is 0.789. The van der Waals surface area contributed by atoms with Crippen LogP contribution >= 0.6 is 0 Å². The summed E-state index contributed by atoms with van der Waals surface area (Å²) in [5, 5.41) is 10.5. The van der Waals surface area contributed by atoms with E-state index in [0.717, 1.165) is 5.56 Å². The number of furan rings is 1. The fraction of sp³-hybridized carbons (Fsp3) is 0.700. The highest BCUT2D eigenvalue weighted by Gasteiger charge is 2.76. The van der Waals surface area contributed by atoms with Gasteiger partial charge in [0.1, 0.15) is 6.10 Å². The summed E-state index contributed by atoms with van der Waals surface area (Å²) >= 11 is 0. The summed E-state index contributed by atoms with van der Waals surface area (Å²) in [6.45, 7) is 2.06. The van der Waals surface area contributed by atoms with E-state index in [2.05, 4.69) is 6.92 Å². The fourth-order valence-electron chi connectivity index (χ4n) is 6.37. The Morgan fingerprint density at radius 2 is 2.15 bits per heavy atom. The molecule has 2 bridgehead atoms. The number of hydrogen-bond acceptors (Lipinski definition) is 7. The predicted octanol–water partition coefficient (Wildman–Crippen LogP) is 1.99. The van der Waals surface area contributed by atoms with Gasteiger partial charge in [0, 0.05) is 23.3 Å². The molecule has 5 rings (SSSR count). The number of esters is 2. The van der Waals surface area contributed by atoms with E-state index in [-0.39, 0.29) is 36.0 Å². The second-order valence-electron chi connectivity index (χ2n) is 8.70. The van der Waals surface area contributed by atoms with Gasteiger partial charge < -0.3 is 23.7 Å². The zero-order valence-corrected chi connectivity index (χ0v) is 15.4. The van der Waals surface area contributed by atoms with E-state index in [1.807, 2.05) is 6.07 Å². The third-order valence-corrected chi connectivity index (χ3v) is 7.60. The topological polar surface area (TPSA) is 95.2 Å². The van der Waals surface area contributed by atoms with E-state index in [1.165, 1.54) is 7.11 Å². The molecule has 7 heteroatoms. The first kappa shape index (κ1) is 17.3. The molecule has 0 aromatic carbocycles. The lowest BCUT2D eigenvalue weighted by Crippen LogP contribution is -2.60. The predicted molar refractivity (Wildman–Crippen MR) is 90.2 cm³/mol. The SMILES string of the molecule is COC(=O)[C@@H]1C[C@H](O)C[C@@H]2[C@@H]1[C@@H]1CC3(O[C@@H](c4ccoc4)C[C@@]23C)C(=O)O1. The van der Waals surface area contributed by atoms with Crippen molar-refractivity contribution >= 4 is 11.9 Å². The first-order chi connectivity index (χ1) is 12.9. The van der Waals surface area contributed by atoms with Crippen LogP contribution in [0.5, 0.6) is 0 Å². The van der Waals surface area contributed by atoms with Crippen LogP contribution in [0.2, 0.25) is 0 Å². The van der Waals surface area contributed by atoms with E-state index >= 15 is 0 Å². The first-order valence-corrected chi connectivity index (χ1v) is 9.56. The Labute approximate surface area is 156 Å². The molecule has 0 amide bonds. The first-order valence-electron chi connectivity index (χ1n) is 9.56. The molecule has 2 aliphatic carbocycles. The van der Waals surface area contributed by atoms with Crippen LogP contribution < -0.4 is 0 Å². The molecule has 8 atom stereocenters. The lowest BCUT2D eigenvalue weighted by molar-refractivity contribution is -0.175. The molecule has 1 N–H and O–H groups in total. The van der Waals surface area contributed by atoms with E-state index in [0.29, 0.717) is 25.7 Å². The number of fused-ring (bicyclic) bond motifs is 4. The number of rotatable bonds is 2. The maximum absolute atomic E-state index is 13.0. The molecular weight excluding hydrogens is 352 g/mol. The van der Waals surface area contributed by atoms with Crippen molar-refractivity contribution in [3.05, 3.63) is 24.2 Å². The van der Waals surface area contributed by atoms with Gasteiger partial charge in [0.05, 0.1) is 37.8 Å². The van der Waals surface area contributed by atoms with Gasteiger partial charge in [-0.3, -0.25) is 4.79 Å². The minimum Gasteiger partial charge on any atom is -0.472 e. The summed E-state index contributed by atoms with van der Waals surface area (Å²) < 4.78 is 22.4. The monoisotopic (exact) mass is 376 g/mol. The van der Waals surface area contributed by atoms with Crippen molar-refractivity contribution in [2.24, 2.45) is 23.2 Å². The number of aliphatic hydroxyl groups is 1. The van der Waals surface area contributed by atoms with Crippen LogP contribution in [0.3, 0.4) is 0 Å². The van der Waals surface area contributed by atoms with Crippen molar-refractivity contribution in [1.29, 1.82) is 0 Å². The largest absolute Gasteiger partial charge is 0.472 e. The number of methoxy groups -OCH3 is 1. The molecule has 3 heterocycles. The molecule has 1 aromatic rings. The average molecular weight is 376 g/mol. The Balaban J connectivity index is 1.59. The van der Waals surface area contributed by atoms with Crippen molar-refractivity contribution in [1.82, 2.24) is 0 Å². The van der Waals surface area contributed by atoms with Crippen LogP contribution in [0, 0.1) is 23.2 Å². The van der Waals surface area contributed by atoms with Crippen LogP contribution in [0.4, 0.5) is 0 Å². The van der Waals surface area contributed by atoms with Gasteiger partial charge in [-0.1, -0.05) is 6.92 Å². The molecule has 7 nitrogen and oxygen atoms in total. The zero-order chi connectivity index (χ0) is 19.0. The third-order valence-electron chi connectivity index (χ3n) is 7.60. The minimum absolute atomic E-state index is 0.0625. The molecular formula is C20H24O7. The normalized spacial score (nSPS) is 47.9. The van der Waals surface area contributed by atoms with Crippen molar-refractivity contribution < 1.29 is 33.3 Å². The summed E-state index contributed by atoms with van der Waals surface area (Å²) in [6.07, 6.45) is 3.93. The molecule has 1 spiro atoms. The molecule has 4 aliphatic rings. The molecule has 2 aliphatic heterocycles. The molecule has 1 aromatic heterocycles. The van der Waals surface area contributed by atoms with Crippen molar-refractivity contribution in [2.75, 3.05) is 7.11 Å². The van der Waals surface area contributed by atoms with Crippen LogP contribution in [0.25, 0.3) is 0 Å². The Bertz CT molecular complexity index is 773. The van der Waals surface area contributed by atoms with E-state index < -0.39 is 23.0 Å². The van der Waals surface area contributed by atoms with Crippen LogP contribution in [-0.4, -0.2) is 42.0 Å². The maximum Gasteiger partial charge on any atom is 0.339 e. The number of carbonyl (C=O) groups excluding carboxylic acids is 2. The highest BCUT2D eigenvalue weighted by Crippen LogP contribution is 2.69. The Kier molecular flexibility index (Phi) is 3.56. The summed E-state index contributed by atoms with van der Waals surface area (Å²) in [4.78, 5) is 25.5. The van der Waals surface area contributed by atoms with Crippen LogP contribution in [0.1, 0.15) is 44.3 Å². The van der Waals surface area contributed by atoms with Gasteiger partial charge in [-0.2, -0.15) is 0 Å². The van der Waals surface area contributed by atoms with Gasteiger partial charge in [-0.15, -0.1) is 0 Å². The Morgan fingerprint density at radius 1 is 1.33 bits per heavy atom. The number of hydrogen-bond donors (Lipinski definition) is 1. The van der Waals surface area contributed by atoms with Crippen LogP contribution in [0.15, 0.2) is 23.0 Å². The van der Waals surface area contributed by atoms with Crippen molar-refractivity contribution in [3.8, 4) is 0 Å². The minimum atomic E-state index is -1.03. The van der Waals surface area contributed by atoms with Crippen molar-refractivity contribution in [2.45, 2.75) is 56.5 Å². The smallest absolute Gasteiger partial charge is 0.339 e. The van der Waals surface area contributed by atoms with E-state index in [1.54, 1.807) is 12.5 Å². The van der Waals surface area contributed by atoms with Gasteiger partial charge in [0.25, 0.3) is 0 Å². The highest BCUT2D eigenvalue weighted by atomic mass is 16.6. The van der Waals surface area contributed by atoms with Gasteiger partial charge >= 0.3 is 11.9 Å². The average Bonchev–Trinajstić information content (AvgIpc) is 3.33.